The summed E-state index contributed by atoms with van der Waals surface area (Å²) in [5.74, 6) is 3.19. The quantitative estimate of drug-likeness (QED) is 0.806. The van der Waals surface area contributed by atoms with Gasteiger partial charge in [-0.3, -0.25) is 9.59 Å². The van der Waals surface area contributed by atoms with Crippen molar-refractivity contribution in [2.75, 3.05) is 0 Å². The Bertz CT molecular complexity index is 393. The molecule has 112 valence electrons. The number of carbonyl (C=O) groups is 2. The standard InChI is InChI=1S/C17H27NO2/c1-17(2,3)14(19)9-15(20)18-16-12-5-10-4-11(7-12)8-13(16)6-10/h10-13,16H,4-9H2,1-3H3,(H,18,20). The second-order valence-electron chi connectivity index (χ2n) is 8.37. The van der Waals surface area contributed by atoms with Crippen molar-refractivity contribution in [3.8, 4) is 0 Å². The number of nitrogens with one attached hydrogen (secondary N) is 1. The molecule has 1 N–H and O–H groups in total. The predicted molar refractivity (Wildman–Crippen MR) is 78.1 cm³/mol. The highest BCUT2D eigenvalue weighted by atomic mass is 16.2. The minimum atomic E-state index is -0.415. The number of Topliss-reactive ketones (excluding diaryl/α,β-unsaturated/α-hetero) is 1. The van der Waals surface area contributed by atoms with E-state index in [1.54, 1.807) is 0 Å². The van der Waals surface area contributed by atoms with Crippen molar-refractivity contribution in [1.82, 2.24) is 5.32 Å². The number of rotatable bonds is 3. The Labute approximate surface area is 121 Å². The van der Waals surface area contributed by atoms with E-state index >= 15 is 0 Å². The van der Waals surface area contributed by atoms with E-state index < -0.39 is 5.41 Å². The maximum Gasteiger partial charge on any atom is 0.227 e. The van der Waals surface area contributed by atoms with Gasteiger partial charge in [-0.2, -0.15) is 0 Å². The summed E-state index contributed by atoms with van der Waals surface area (Å²) in [6.45, 7) is 5.64. The Kier molecular flexibility index (Phi) is 3.42. The van der Waals surface area contributed by atoms with Gasteiger partial charge in [0, 0.05) is 11.5 Å². The molecule has 0 saturated heterocycles. The average molecular weight is 277 g/mol. The lowest BCUT2D eigenvalue weighted by molar-refractivity contribution is -0.134. The fourth-order valence-electron chi connectivity index (χ4n) is 4.81. The van der Waals surface area contributed by atoms with Gasteiger partial charge in [0.25, 0.3) is 0 Å². The molecular formula is C17H27NO2. The topological polar surface area (TPSA) is 46.2 Å². The SMILES string of the molecule is CC(C)(C)C(=O)CC(=O)NC1C2CC3CC(C2)CC1C3. The van der Waals surface area contributed by atoms with Crippen LogP contribution in [-0.2, 0) is 9.59 Å². The van der Waals surface area contributed by atoms with Gasteiger partial charge in [-0.25, -0.2) is 0 Å². The molecule has 0 spiro atoms. The summed E-state index contributed by atoms with van der Waals surface area (Å²) in [7, 11) is 0. The molecule has 3 nitrogen and oxygen atoms in total. The van der Waals surface area contributed by atoms with Gasteiger partial charge in [-0.15, -0.1) is 0 Å². The minimum absolute atomic E-state index is 0.0406. The second-order valence-corrected chi connectivity index (χ2v) is 8.37. The van der Waals surface area contributed by atoms with Gasteiger partial charge in [0.1, 0.15) is 5.78 Å². The lowest BCUT2D eigenvalue weighted by Gasteiger charge is -2.54. The fourth-order valence-corrected chi connectivity index (χ4v) is 4.81. The van der Waals surface area contributed by atoms with Crippen molar-refractivity contribution in [3.63, 3.8) is 0 Å². The molecule has 0 unspecified atom stereocenters. The van der Waals surface area contributed by atoms with Crippen LogP contribution in [0.4, 0.5) is 0 Å². The molecule has 0 heterocycles. The van der Waals surface area contributed by atoms with Crippen LogP contribution in [0, 0.1) is 29.1 Å². The first-order valence-corrected chi connectivity index (χ1v) is 8.15. The zero-order valence-electron chi connectivity index (χ0n) is 12.9. The number of hydrogen-bond donors (Lipinski definition) is 1. The first kappa shape index (κ1) is 14.1. The van der Waals surface area contributed by atoms with Crippen molar-refractivity contribution in [3.05, 3.63) is 0 Å². The van der Waals surface area contributed by atoms with E-state index in [4.69, 9.17) is 0 Å². The van der Waals surface area contributed by atoms with Crippen LogP contribution in [0.2, 0.25) is 0 Å². The van der Waals surface area contributed by atoms with E-state index in [1.807, 2.05) is 20.8 Å². The van der Waals surface area contributed by atoms with E-state index in [0.717, 1.165) is 11.8 Å². The van der Waals surface area contributed by atoms with Crippen molar-refractivity contribution >= 4 is 11.7 Å². The maximum atomic E-state index is 12.2. The Morgan fingerprint density at radius 3 is 1.90 bits per heavy atom. The van der Waals surface area contributed by atoms with Crippen molar-refractivity contribution in [2.45, 2.75) is 65.3 Å². The average Bonchev–Trinajstić information content (AvgIpc) is 2.31. The van der Waals surface area contributed by atoms with Crippen LogP contribution < -0.4 is 5.32 Å². The zero-order valence-corrected chi connectivity index (χ0v) is 12.9. The minimum Gasteiger partial charge on any atom is -0.352 e. The molecule has 4 fully saturated rings. The molecule has 0 atom stereocenters. The Morgan fingerprint density at radius 1 is 0.950 bits per heavy atom. The highest BCUT2D eigenvalue weighted by Crippen LogP contribution is 2.53. The van der Waals surface area contributed by atoms with Crippen LogP contribution in [0.3, 0.4) is 0 Å². The van der Waals surface area contributed by atoms with Crippen molar-refractivity contribution in [1.29, 1.82) is 0 Å². The molecule has 1 amide bonds. The first-order valence-electron chi connectivity index (χ1n) is 8.15. The molecule has 0 radical (unpaired) electrons. The molecule has 4 bridgehead atoms. The summed E-state index contributed by atoms with van der Waals surface area (Å²) in [5, 5.41) is 3.21. The molecule has 0 aromatic heterocycles. The van der Waals surface area contributed by atoms with Crippen LogP contribution in [0.15, 0.2) is 0 Å². The predicted octanol–water partition coefficient (Wildman–Crippen LogP) is 2.93. The van der Waals surface area contributed by atoms with Gasteiger partial charge < -0.3 is 5.32 Å². The molecule has 3 heteroatoms. The maximum absolute atomic E-state index is 12.2. The molecule has 4 rings (SSSR count). The fraction of sp³-hybridized carbons (Fsp3) is 0.882. The van der Waals surface area contributed by atoms with Crippen LogP contribution in [0.5, 0.6) is 0 Å². The molecule has 0 aliphatic heterocycles. The van der Waals surface area contributed by atoms with E-state index in [1.165, 1.54) is 32.1 Å². The molecule has 4 aliphatic carbocycles. The van der Waals surface area contributed by atoms with Crippen LogP contribution >= 0.6 is 0 Å². The monoisotopic (exact) mass is 277 g/mol. The third-order valence-electron chi connectivity index (χ3n) is 5.71. The number of ketones is 1. The third-order valence-corrected chi connectivity index (χ3v) is 5.71. The van der Waals surface area contributed by atoms with Gasteiger partial charge in [-0.1, -0.05) is 20.8 Å². The van der Waals surface area contributed by atoms with E-state index in [2.05, 4.69) is 5.32 Å². The Morgan fingerprint density at radius 2 is 1.45 bits per heavy atom. The summed E-state index contributed by atoms with van der Waals surface area (Å²) < 4.78 is 0. The van der Waals surface area contributed by atoms with Gasteiger partial charge in [0.05, 0.1) is 6.42 Å². The molecule has 4 saturated carbocycles. The van der Waals surface area contributed by atoms with E-state index in [9.17, 15) is 9.59 Å². The Hall–Kier alpha value is -0.860. The third kappa shape index (κ3) is 2.64. The number of amides is 1. The summed E-state index contributed by atoms with van der Waals surface area (Å²) in [4.78, 5) is 24.1. The van der Waals surface area contributed by atoms with Crippen LogP contribution in [0.25, 0.3) is 0 Å². The lowest BCUT2D eigenvalue weighted by Crippen LogP contribution is -2.56. The summed E-state index contributed by atoms with van der Waals surface area (Å²) >= 11 is 0. The highest BCUT2D eigenvalue weighted by Gasteiger charge is 2.48. The van der Waals surface area contributed by atoms with Gasteiger partial charge in [-0.05, 0) is 55.8 Å². The highest BCUT2D eigenvalue weighted by molar-refractivity contribution is 6.00. The van der Waals surface area contributed by atoms with Gasteiger partial charge in [0.2, 0.25) is 5.91 Å². The van der Waals surface area contributed by atoms with E-state index in [0.29, 0.717) is 17.9 Å². The van der Waals surface area contributed by atoms with Crippen LogP contribution in [-0.4, -0.2) is 17.7 Å². The van der Waals surface area contributed by atoms with Gasteiger partial charge in [0.15, 0.2) is 0 Å². The lowest BCUT2D eigenvalue weighted by atomic mass is 9.54. The second kappa shape index (κ2) is 4.85. The van der Waals surface area contributed by atoms with Crippen LogP contribution in [0.1, 0.15) is 59.3 Å². The molecular weight excluding hydrogens is 250 g/mol. The summed E-state index contributed by atoms with van der Waals surface area (Å²) in [5.41, 5.74) is -0.415. The molecule has 0 aromatic carbocycles. The molecule has 4 aliphatic rings. The number of carbonyl (C=O) groups excluding carboxylic acids is 2. The smallest absolute Gasteiger partial charge is 0.227 e. The number of hydrogen-bond acceptors (Lipinski definition) is 2. The summed E-state index contributed by atoms with van der Waals surface area (Å²) in [6.07, 6.45) is 6.66. The van der Waals surface area contributed by atoms with Gasteiger partial charge >= 0.3 is 0 Å². The van der Waals surface area contributed by atoms with Crippen molar-refractivity contribution < 1.29 is 9.59 Å². The first-order chi connectivity index (χ1) is 9.33. The Balaban J connectivity index is 1.58. The van der Waals surface area contributed by atoms with E-state index in [-0.39, 0.29) is 18.1 Å². The zero-order chi connectivity index (χ0) is 14.5. The molecule has 20 heavy (non-hydrogen) atoms. The summed E-state index contributed by atoms with van der Waals surface area (Å²) in [6, 6.07) is 0.350. The normalized spacial score (nSPS) is 38.9. The van der Waals surface area contributed by atoms with Crippen molar-refractivity contribution in [2.24, 2.45) is 29.1 Å². The molecule has 0 aromatic rings. The largest absolute Gasteiger partial charge is 0.352 e.